The maximum Gasteiger partial charge on any atom is 0.265 e. The zero-order valence-electron chi connectivity index (χ0n) is 18.0. The van der Waals surface area contributed by atoms with Gasteiger partial charge < -0.3 is 19.9 Å². The molecule has 9 heteroatoms. The van der Waals surface area contributed by atoms with E-state index in [0.29, 0.717) is 34.8 Å². The number of rotatable bonds is 7. The van der Waals surface area contributed by atoms with Crippen LogP contribution in [0, 0.1) is 0 Å². The van der Waals surface area contributed by atoms with Gasteiger partial charge in [-0.2, -0.15) is 0 Å². The fourth-order valence-electron chi connectivity index (χ4n) is 3.80. The van der Waals surface area contributed by atoms with E-state index in [1.165, 1.54) is 0 Å². The lowest BCUT2D eigenvalue weighted by Crippen LogP contribution is -2.40. The summed E-state index contributed by atoms with van der Waals surface area (Å²) in [5, 5.41) is 2.71. The average Bonchev–Trinajstić information content (AvgIpc) is 3.00. The van der Waals surface area contributed by atoms with Gasteiger partial charge in [0.05, 0.1) is 16.8 Å². The van der Waals surface area contributed by atoms with Crippen LogP contribution in [0.25, 0.3) is 0 Å². The van der Waals surface area contributed by atoms with Crippen LogP contribution >= 0.6 is 0 Å². The van der Waals surface area contributed by atoms with Crippen LogP contribution in [-0.2, 0) is 9.59 Å². The van der Waals surface area contributed by atoms with Crippen LogP contribution in [0.15, 0.2) is 42.5 Å². The van der Waals surface area contributed by atoms with Crippen molar-refractivity contribution >= 4 is 35.0 Å². The van der Waals surface area contributed by atoms with Crippen LogP contribution in [0.4, 0.5) is 11.4 Å². The maximum absolute atomic E-state index is 12.6. The Morgan fingerprint density at radius 1 is 1.03 bits per heavy atom. The van der Waals surface area contributed by atoms with Gasteiger partial charge in [0, 0.05) is 12.2 Å². The standard InChI is InChI=1S/C23H24N4O5/c1-25(2)10-5-11-26-18-12-15(8-9-19(18)32-14-21(26)29)24-20(28)13-27-22(30)16-6-3-4-7-17(16)23(27)31/h3-4,6-9,12H,5,10-11,13-14H2,1-2H3,(H,24,28). The average molecular weight is 436 g/mol. The summed E-state index contributed by atoms with van der Waals surface area (Å²) >= 11 is 0. The quantitative estimate of drug-likeness (QED) is 0.662. The number of carbonyl (C=O) groups excluding carboxylic acids is 4. The van der Waals surface area contributed by atoms with Gasteiger partial charge >= 0.3 is 0 Å². The number of hydrogen-bond acceptors (Lipinski definition) is 6. The van der Waals surface area contributed by atoms with E-state index in [2.05, 4.69) is 5.32 Å². The van der Waals surface area contributed by atoms with Gasteiger partial charge in [-0.25, -0.2) is 0 Å². The molecule has 0 bridgehead atoms. The molecule has 2 aromatic carbocycles. The molecule has 2 aromatic rings. The van der Waals surface area contributed by atoms with Gasteiger partial charge in [0.2, 0.25) is 5.91 Å². The number of nitrogens with one attached hydrogen (secondary N) is 1. The normalized spacial score (nSPS) is 15.0. The molecule has 2 heterocycles. The van der Waals surface area contributed by atoms with Gasteiger partial charge in [-0.05, 0) is 57.4 Å². The highest BCUT2D eigenvalue weighted by molar-refractivity contribution is 6.22. The molecule has 9 nitrogen and oxygen atoms in total. The second-order valence-corrected chi connectivity index (χ2v) is 7.96. The minimum atomic E-state index is -0.512. The number of amides is 4. The zero-order valence-corrected chi connectivity index (χ0v) is 18.0. The number of nitrogens with zero attached hydrogens (tertiary/aromatic N) is 3. The van der Waals surface area contributed by atoms with Gasteiger partial charge in [-0.3, -0.25) is 24.1 Å². The summed E-state index contributed by atoms with van der Waals surface area (Å²) in [6, 6.07) is 11.5. The minimum Gasteiger partial charge on any atom is -0.482 e. The molecule has 2 aliphatic heterocycles. The van der Waals surface area contributed by atoms with E-state index < -0.39 is 24.3 Å². The van der Waals surface area contributed by atoms with Crippen molar-refractivity contribution in [2.24, 2.45) is 0 Å². The van der Waals surface area contributed by atoms with Crippen LogP contribution in [-0.4, -0.2) is 73.8 Å². The Morgan fingerprint density at radius 2 is 1.72 bits per heavy atom. The molecule has 0 aromatic heterocycles. The Morgan fingerprint density at radius 3 is 2.38 bits per heavy atom. The molecule has 4 amide bonds. The second-order valence-electron chi connectivity index (χ2n) is 7.96. The molecule has 32 heavy (non-hydrogen) atoms. The van der Waals surface area contributed by atoms with Gasteiger partial charge in [-0.1, -0.05) is 12.1 Å². The number of benzene rings is 2. The Kier molecular flexibility index (Phi) is 5.91. The van der Waals surface area contributed by atoms with Crippen molar-refractivity contribution in [1.29, 1.82) is 0 Å². The summed E-state index contributed by atoms with van der Waals surface area (Å²) in [5.41, 5.74) is 1.62. The fraction of sp³-hybridized carbons (Fsp3) is 0.304. The Labute approximate surface area is 185 Å². The lowest BCUT2D eigenvalue weighted by molar-refractivity contribution is -0.121. The lowest BCUT2D eigenvalue weighted by Gasteiger charge is -2.30. The topological polar surface area (TPSA) is 99.3 Å². The number of fused-ring (bicyclic) bond motifs is 2. The maximum atomic E-state index is 12.6. The van der Waals surface area contributed by atoms with E-state index in [1.807, 2.05) is 19.0 Å². The van der Waals surface area contributed by atoms with Crippen LogP contribution in [0.3, 0.4) is 0 Å². The monoisotopic (exact) mass is 436 g/mol. The van der Waals surface area contributed by atoms with Crippen molar-refractivity contribution in [3.63, 3.8) is 0 Å². The van der Waals surface area contributed by atoms with Gasteiger partial charge in [0.15, 0.2) is 6.61 Å². The summed E-state index contributed by atoms with van der Waals surface area (Å²) in [6.07, 6.45) is 0.786. The first-order valence-electron chi connectivity index (χ1n) is 10.3. The Hall–Kier alpha value is -3.72. The van der Waals surface area contributed by atoms with Crippen molar-refractivity contribution in [2.75, 3.05) is 50.6 Å². The van der Waals surface area contributed by atoms with Crippen molar-refractivity contribution < 1.29 is 23.9 Å². The third-order valence-electron chi connectivity index (χ3n) is 5.35. The van der Waals surface area contributed by atoms with Crippen LogP contribution in [0.2, 0.25) is 0 Å². The Bertz CT molecular complexity index is 1060. The molecule has 0 aliphatic carbocycles. The van der Waals surface area contributed by atoms with Crippen molar-refractivity contribution in [2.45, 2.75) is 6.42 Å². The van der Waals surface area contributed by atoms with E-state index >= 15 is 0 Å². The van der Waals surface area contributed by atoms with Gasteiger partial charge in [-0.15, -0.1) is 0 Å². The Balaban J connectivity index is 1.46. The van der Waals surface area contributed by atoms with Gasteiger partial charge in [0.1, 0.15) is 12.3 Å². The smallest absolute Gasteiger partial charge is 0.265 e. The summed E-state index contributed by atoms with van der Waals surface area (Å²) in [4.78, 5) is 54.6. The molecule has 0 saturated heterocycles. The SMILES string of the molecule is CN(C)CCCN1C(=O)COc2ccc(NC(=O)CN3C(=O)c4ccccc4C3=O)cc21. The van der Waals surface area contributed by atoms with Crippen LogP contribution < -0.4 is 15.0 Å². The van der Waals surface area contributed by atoms with E-state index in [1.54, 1.807) is 47.4 Å². The van der Waals surface area contributed by atoms with E-state index in [4.69, 9.17) is 4.74 Å². The molecule has 0 atom stereocenters. The first-order chi connectivity index (χ1) is 15.3. The molecule has 4 rings (SSSR count). The van der Waals surface area contributed by atoms with Crippen LogP contribution in [0.1, 0.15) is 27.1 Å². The van der Waals surface area contributed by atoms with Crippen molar-refractivity contribution in [1.82, 2.24) is 9.80 Å². The summed E-state index contributed by atoms with van der Waals surface area (Å²) in [5.74, 6) is -1.07. The van der Waals surface area contributed by atoms with E-state index in [9.17, 15) is 19.2 Å². The molecular weight excluding hydrogens is 412 g/mol. The molecule has 166 valence electrons. The summed E-state index contributed by atoms with van der Waals surface area (Å²) in [7, 11) is 3.94. The minimum absolute atomic E-state index is 0.0274. The van der Waals surface area contributed by atoms with Gasteiger partial charge in [0.25, 0.3) is 17.7 Å². The number of imide groups is 1. The molecule has 0 radical (unpaired) electrons. The molecule has 0 unspecified atom stereocenters. The lowest BCUT2D eigenvalue weighted by atomic mass is 10.1. The predicted molar refractivity (Wildman–Crippen MR) is 118 cm³/mol. The summed E-state index contributed by atoms with van der Waals surface area (Å²) in [6.45, 7) is 0.933. The zero-order chi connectivity index (χ0) is 22.8. The third-order valence-corrected chi connectivity index (χ3v) is 5.35. The molecule has 0 spiro atoms. The molecule has 0 saturated carbocycles. The number of carbonyl (C=O) groups is 4. The number of hydrogen-bond donors (Lipinski definition) is 1. The largest absolute Gasteiger partial charge is 0.482 e. The fourth-order valence-corrected chi connectivity index (χ4v) is 3.80. The highest BCUT2D eigenvalue weighted by Crippen LogP contribution is 2.34. The summed E-state index contributed by atoms with van der Waals surface area (Å²) < 4.78 is 5.51. The molecule has 0 fully saturated rings. The number of ether oxygens (including phenoxy) is 1. The third kappa shape index (κ3) is 4.19. The number of anilines is 2. The molecule has 1 N–H and O–H groups in total. The van der Waals surface area contributed by atoms with E-state index in [0.717, 1.165) is 17.9 Å². The van der Waals surface area contributed by atoms with Crippen LogP contribution in [0.5, 0.6) is 5.75 Å². The van der Waals surface area contributed by atoms with Crippen molar-refractivity contribution in [3.05, 3.63) is 53.6 Å². The van der Waals surface area contributed by atoms with Crippen molar-refractivity contribution in [3.8, 4) is 5.75 Å². The highest BCUT2D eigenvalue weighted by Gasteiger charge is 2.36. The predicted octanol–water partition coefficient (Wildman–Crippen LogP) is 1.60. The first kappa shape index (κ1) is 21.5. The first-order valence-corrected chi connectivity index (χ1v) is 10.3. The molecular formula is C23H24N4O5. The molecule has 2 aliphatic rings. The second kappa shape index (κ2) is 8.80. The van der Waals surface area contributed by atoms with E-state index in [-0.39, 0.29) is 12.5 Å². The highest BCUT2D eigenvalue weighted by atomic mass is 16.5.